The normalized spacial score (nSPS) is 23.9. The van der Waals surface area contributed by atoms with Crippen LogP contribution in [0.3, 0.4) is 0 Å². The first-order chi connectivity index (χ1) is 13.8. The van der Waals surface area contributed by atoms with Crippen LogP contribution in [0.5, 0.6) is 0 Å². The summed E-state index contributed by atoms with van der Waals surface area (Å²) < 4.78 is 0. The molecular formula is C22H17N3O3. The minimum atomic E-state index is -0.863. The molecule has 138 valence electrons. The molecule has 0 aliphatic carbocycles. The SMILES string of the molecule is O=C1[C@H]2[C@@H](c3cccnc3)N(c3ccccc3)O[C@H]2C(=O)N1c1ccccc1. The number of hydrogen-bond acceptors (Lipinski definition) is 5. The van der Waals surface area contributed by atoms with Crippen molar-refractivity contribution in [3.8, 4) is 0 Å². The summed E-state index contributed by atoms with van der Waals surface area (Å²) in [7, 11) is 0. The van der Waals surface area contributed by atoms with Crippen molar-refractivity contribution < 1.29 is 14.4 Å². The van der Waals surface area contributed by atoms with Gasteiger partial charge in [-0.25, -0.2) is 9.96 Å². The van der Waals surface area contributed by atoms with E-state index in [9.17, 15) is 9.59 Å². The Balaban J connectivity index is 1.59. The molecule has 0 saturated carbocycles. The third-order valence-electron chi connectivity index (χ3n) is 5.17. The molecule has 2 aliphatic heterocycles. The minimum absolute atomic E-state index is 0.256. The summed E-state index contributed by atoms with van der Waals surface area (Å²) in [5.41, 5.74) is 2.18. The van der Waals surface area contributed by atoms with E-state index in [1.54, 1.807) is 41.7 Å². The molecule has 0 spiro atoms. The number of anilines is 2. The number of hydrogen-bond donors (Lipinski definition) is 0. The van der Waals surface area contributed by atoms with Crippen molar-refractivity contribution >= 4 is 23.2 Å². The number of nitrogens with zero attached hydrogens (tertiary/aromatic N) is 3. The number of carbonyl (C=O) groups is 2. The van der Waals surface area contributed by atoms with Crippen molar-refractivity contribution in [2.75, 3.05) is 9.96 Å². The first-order valence-electron chi connectivity index (χ1n) is 9.09. The van der Waals surface area contributed by atoms with Crippen LogP contribution in [0.4, 0.5) is 11.4 Å². The van der Waals surface area contributed by atoms with Gasteiger partial charge in [0.05, 0.1) is 17.4 Å². The molecule has 2 amide bonds. The van der Waals surface area contributed by atoms with Gasteiger partial charge in [0.2, 0.25) is 5.91 Å². The van der Waals surface area contributed by atoms with E-state index >= 15 is 0 Å². The Kier molecular flexibility index (Phi) is 3.91. The summed E-state index contributed by atoms with van der Waals surface area (Å²) in [6, 6.07) is 21.8. The van der Waals surface area contributed by atoms with Gasteiger partial charge in [-0.2, -0.15) is 0 Å². The van der Waals surface area contributed by atoms with E-state index in [4.69, 9.17) is 4.84 Å². The van der Waals surface area contributed by atoms with Gasteiger partial charge >= 0.3 is 0 Å². The van der Waals surface area contributed by atoms with Crippen molar-refractivity contribution in [2.24, 2.45) is 5.92 Å². The molecule has 0 bridgehead atoms. The molecular weight excluding hydrogens is 354 g/mol. The van der Waals surface area contributed by atoms with E-state index < -0.39 is 18.1 Å². The minimum Gasteiger partial charge on any atom is -0.273 e. The summed E-state index contributed by atoms with van der Waals surface area (Å²) in [6.07, 6.45) is 2.54. The Labute approximate surface area is 161 Å². The monoisotopic (exact) mass is 371 g/mol. The molecule has 2 saturated heterocycles. The summed E-state index contributed by atoms with van der Waals surface area (Å²) in [5.74, 6) is -1.24. The first-order valence-corrected chi connectivity index (χ1v) is 9.09. The van der Waals surface area contributed by atoms with E-state index in [1.807, 2.05) is 48.5 Å². The lowest BCUT2D eigenvalue weighted by molar-refractivity contribution is -0.126. The van der Waals surface area contributed by atoms with Gasteiger partial charge in [0, 0.05) is 12.4 Å². The predicted molar refractivity (Wildman–Crippen MR) is 103 cm³/mol. The molecule has 5 rings (SSSR count). The average molecular weight is 371 g/mol. The number of rotatable bonds is 3. The molecule has 2 aliphatic rings. The van der Waals surface area contributed by atoms with Gasteiger partial charge in [0.15, 0.2) is 6.10 Å². The van der Waals surface area contributed by atoms with Crippen molar-refractivity contribution in [3.63, 3.8) is 0 Å². The third kappa shape index (κ3) is 2.50. The molecule has 3 aromatic rings. The number of amides is 2. The number of pyridine rings is 1. The zero-order valence-electron chi connectivity index (χ0n) is 14.9. The first kappa shape index (κ1) is 16.6. The molecule has 0 radical (unpaired) electrons. The molecule has 2 fully saturated rings. The zero-order valence-corrected chi connectivity index (χ0v) is 14.9. The molecule has 3 atom stereocenters. The zero-order chi connectivity index (χ0) is 19.1. The highest BCUT2D eigenvalue weighted by molar-refractivity contribution is 6.23. The number of hydroxylamine groups is 1. The Morgan fingerprint density at radius 1 is 0.786 bits per heavy atom. The van der Waals surface area contributed by atoms with Crippen LogP contribution in [0.15, 0.2) is 85.2 Å². The quantitative estimate of drug-likeness (QED) is 0.662. The summed E-state index contributed by atoms with van der Waals surface area (Å²) >= 11 is 0. The van der Waals surface area contributed by atoms with E-state index in [1.165, 1.54) is 4.90 Å². The van der Waals surface area contributed by atoms with Gasteiger partial charge in [0.25, 0.3) is 5.91 Å². The molecule has 0 N–H and O–H groups in total. The van der Waals surface area contributed by atoms with Gasteiger partial charge in [-0.15, -0.1) is 0 Å². The summed E-state index contributed by atoms with van der Waals surface area (Å²) in [4.78, 5) is 37.9. The average Bonchev–Trinajstić information content (AvgIpc) is 3.26. The maximum Gasteiger partial charge on any atom is 0.266 e. The lowest BCUT2D eigenvalue weighted by Gasteiger charge is -2.28. The largest absolute Gasteiger partial charge is 0.273 e. The van der Waals surface area contributed by atoms with E-state index in [0.29, 0.717) is 5.69 Å². The van der Waals surface area contributed by atoms with Gasteiger partial charge in [-0.1, -0.05) is 42.5 Å². The topological polar surface area (TPSA) is 62.7 Å². The molecule has 6 heteroatoms. The smallest absolute Gasteiger partial charge is 0.266 e. The van der Waals surface area contributed by atoms with Crippen molar-refractivity contribution in [1.29, 1.82) is 0 Å². The molecule has 28 heavy (non-hydrogen) atoms. The maximum absolute atomic E-state index is 13.3. The second-order valence-corrected chi connectivity index (χ2v) is 6.79. The molecule has 6 nitrogen and oxygen atoms in total. The van der Waals surface area contributed by atoms with Crippen LogP contribution in [0.1, 0.15) is 11.6 Å². The van der Waals surface area contributed by atoms with Gasteiger partial charge in [-0.05, 0) is 35.9 Å². The van der Waals surface area contributed by atoms with Gasteiger partial charge in [0.1, 0.15) is 5.92 Å². The van der Waals surface area contributed by atoms with Crippen molar-refractivity contribution in [2.45, 2.75) is 12.1 Å². The maximum atomic E-state index is 13.3. The van der Waals surface area contributed by atoms with E-state index in [0.717, 1.165) is 11.3 Å². The Bertz CT molecular complexity index is 1010. The van der Waals surface area contributed by atoms with Crippen molar-refractivity contribution in [3.05, 3.63) is 90.8 Å². The van der Waals surface area contributed by atoms with Crippen LogP contribution < -0.4 is 9.96 Å². The number of carbonyl (C=O) groups excluding carboxylic acids is 2. The Morgan fingerprint density at radius 2 is 1.46 bits per heavy atom. The second-order valence-electron chi connectivity index (χ2n) is 6.79. The van der Waals surface area contributed by atoms with Crippen LogP contribution in [-0.2, 0) is 14.4 Å². The number of aromatic nitrogens is 1. The molecule has 3 heterocycles. The summed E-state index contributed by atoms with van der Waals surface area (Å²) in [6.45, 7) is 0. The fourth-order valence-corrected chi connectivity index (χ4v) is 3.93. The number of imide groups is 1. The Morgan fingerprint density at radius 3 is 2.11 bits per heavy atom. The third-order valence-corrected chi connectivity index (χ3v) is 5.17. The van der Waals surface area contributed by atoms with E-state index in [-0.39, 0.29) is 11.8 Å². The fourth-order valence-electron chi connectivity index (χ4n) is 3.93. The van der Waals surface area contributed by atoms with Crippen LogP contribution in [0.25, 0.3) is 0 Å². The predicted octanol–water partition coefficient (Wildman–Crippen LogP) is 3.13. The highest BCUT2D eigenvalue weighted by Gasteiger charge is 2.60. The lowest BCUT2D eigenvalue weighted by Crippen LogP contribution is -2.37. The number of fused-ring (bicyclic) bond motifs is 1. The van der Waals surface area contributed by atoms with Crippen LogP contribution in [0.2, 0.25) is 0 Å². The van der Waals surface area contributed by atoms with Gasteiger partial charge in [-0.3, -0.25) is 19.4 Å². The number of benzene rings is 2. The molecule has 1 aromatic heterocycles. The lowest BCUT2D eigenvalue weighted by atomic mass is 9.91. The van der Waals surface area contributed by atoms with Gasteiger partial charge < -0.3 is 0 Å². The molecule has 2 aromatic carbocycles. The molecule has 0 unspecified atom stereocenters. The Hall–Kier alpha value is -3.51. The van der Waals surface area contributed by atoms with Crippen molar-refractivity contribution in [1.82, 2.24) is 4.98 Å². The number of para-hydroxylation sites is 2. The standard InChI is InChI=1S/C22H17N3O3/c26-21-18-19(15-8-7-13-23-14-15)25(17-11-5-2-6-12-17)28-20(18)22(27)24(21)16-9-3-1-4-10-16/h1-14,18-20H/t18-,19+,20+/m0/s1. The second kappa shape index (κ2) is 6.58. The van der Waals surface area contributed by atoms with Crippen LogP contribution in [0, 0.1) is 5.92 Å². The fraction of sp³-hybridized carbons (Fsp3) is 0.136. The highest BCUT2D eigenvalue weighted by atomic mass is 16.7. The highest BCUT2D eigenvalue weighted by Crippen LogP contribution is 2.47. The van der Waals surface area contributed by atoms with Crippen LogP contribution >= 0.6 is 0 Å². The van der Waals surface area contributed by atoms with Crippen LogP contribution in [-0.4, -0.2) is 22.9 Å². The van der Waals surface area contributed by atoms with E-state index in [2.05, 4.69) is 4.98 Å². The summed E-state index contributed by atoms with van der Waals surface area (Å²) in [5, 5.41) is 1.67.